The summed E-state index contributed by atoms with van der Waals surface area (Å²) in [5.74, 6) is 0.630. The largest absolute Gasteiger partial charge is 0.369 e. The normalized spacial score (nSPS) is 14.5. The van der Waals surface area contributed by atoms with Crippen LogP contribution in [0.25, 0.3) is 16.7 Å². The van der Waals surface area contributed by atoms with E-state index in [-0.39, 0.29) is 0 Å². The Balaban J connectivity index is 0.984. The number of halogens is 1. The molecule has 3 aromatic carbocycles. The molecule has 0 aliphatic carbocycles. The number of anilines is 3. The first-order valence-corrected chi connectivity index (χ1v) is 12.9. The van der Waals surface area contributed by atoms with Crippen molar-refractivity contribution in [2.24, 2.45) is 0 Å². The van der Waals surface area contributed by atoms with Gasteiger partial charge in [-0.3, -0.25) is 4.90 Å². The second-order valence-corrected chi connectivity index (χ2v) is 9.61. The van der Waals surface area contributed by atoms with Crippen molar-refractivity contribution in [3.63, 3.8) is 0 Å². The van der Waals surface area contributed by atoms with Gasteiger partial charge in [0.15, 0.2) is 5.82 Å². The number of tetrazole rings is 1. The van der Waals surface area contributed by atoms with Crippen LogP contribution in [-0.2, 0) is 6.54 Å². The highest BCUT2D eigenvalue weighted by Gasteiger charge is 2.17. The predicted octanol–water partition coefficient (Wildman–Crippen LogP) is 3.98. The second kappa shape index (κ2) is 10.7. The maximum Gasteiger partial charge on any atom is 0.222 e. The number of aromatic nitrogens is 5. The third-order valence-corrected chi connectivity index (χ3v) is 6.95. The molecule has 3 heterocycles. The number of fused-ring (bicyclic) bond motifs is 3. The highest BCUT2D eigenvalue weighted by Crippen LogP contribution is 2.23. The van der Waals surface area contributed by atoms with Crippen molar-refractivity contribution >= 4 is 45.5 Å². The topological polar surface area (TPSA) is 86.5 Å². The molecule has 0 amide bonds. The lowest BCUT2D eigenvalue weighted by Crippen LogP contribution is -2.48. The molecule has 1 aliphatic rings. The molecule has 5 aromatic rings. The monoisotopic (exact) mass is 513 g/mol. The highest BCUT2D eigenvalue weighted by atomic mass is 35.5. The van der Waals surface area contributed by atoms with Crippen LogP contribution in [-0.4, -0.2) is 69.2 Å². The average molecular weight is 514 g/mol. The molecular formula is C27H28ClN9. The van der Waals surface area contributed by atoms with Gasteiger partial charge in [-0.05, 0) is 58.5 Å². The summed E-state index contributed by atoms with van der Waals surface area (Å²) in [4.78, 5) is 9.64. The van der Waals surface area contributed by atoms with Gasteiger partial charge in [-0.25, -0.2) is 4.98 Å². The number of para-hydroxylation sites is 2. The van der Waals surface area contributed by atoms with E-state index in [1.54, 1.807) is 4.52 Å². The molecule has 188 valence electrons. The van der Waals surface area contributed by atoms with E-state index in [9.17, 15) is 0 Å². The van der Waals surface area contributed by atoms with Gasteiger partial charge in [0, 0.05) is 62.2 Å². The van der Waals surface area contributed by atoms with Gasteiger partial charge in [0.2, 0.25) is 5.65 Å². The van der Waals surface area contributed by atoms with Crippen molar-refractivity contribution in [3.8, 4) is 0 Å². The van der Waals surface area contributed by atoms with Crippen LogP contribution < -0.4 is 15.5 Å². The lowest BCUT2D eigenvalue weighted by atomic mass is 10.2. The maximum absolute atomic E-state index is 6.15. The molecular weight excluding hydrogens is 486 g/mol. The summed E-state index contributed by atoms with van der Waals surface area (Å²) in [5, 5.41) is 19.8. The summed E-state index contributed by atoms with van der Waals surface area (Å²) in [6.45, 7) is 7.00. The fraction of sp³-hybridized carbons (Fsp3) is 0.259. The van der Waals surface area contributed by atoms with Gasteiger partial charge in [-0.2, -0.15) is 4.52 Å². The van der Waals surface area contributed by atoms with Gasteiger partial charge in [0.1, 0.15) is 0 Å². The predicted molar refractivity (Wildman–Crippen MR) is 148 cm³/mol. The Morgan fingerprint density at radius 2 is 1.73 bits per heavy atom. The van der Waals surface area contributed by atoms with E-state index in [4.69, 9.17) is 16.6 Å². The first kappa shape index (κ1) is 23.6. The number of benzene rings is 3. The molecule has 1 aliphatic heterocycles. The molecule has 2 N–H and O–H groups in total. The summed E-state index contributed by atoms with van der Waals surface area (Å²) in [5.41, 5.74) is 5.68. The van der Waals surface area contributed by atoms with Crippen LogP contribution >= 0.6 is 11.6 Å². The number of hydrogen-bond donors (Lipinski definition) is 2. The molecule has 1 saturated heterocycles. The molecule has 0 atom stereocenters. The molecule has 10 heteroatoms. The number of piperazine rings is 1. The van der Waals surface area contributed by atoms with Gasteiger partial charge in [0.05, 0.1) is 11.0 Å². The fourth-order valence-corrected chi connectivity index (χ4v) is 4.89. The van der Waals surface area contributed by atoms with Crippen LogP contribution in [0, 0.1) is 0 Å². The second-order valence-electron chi connectivity index (χ2n) is 9.17. The minimum Gasteiger partial charge on any atom is -0.369 e. The van der Waals surface area contributed by atoms with Crippen LogP contribution in [0.1, 0.15) is 5.56 Å². The van der Waals surface area contributed by atoms with Crippen molar-refractivity contribution < 1.29 is 0 Å². The van der Waals surface area contributed by atoms with E-state index < -0.39 is 0 Å². The Labute approximate surface area is 220 Å². The molecule has 0 bridgehead atoms. The zero-order valence-corrected chi connectivity index (χ0v) is 21.1. The Morgan fingerprint density at radius 1 is 0.892 bits per heavy atom. The van der Waals surface area contributed by atoms with Crippen LogP contribution in [0.5, 0.6) is 0 Å². The van der Waals surface area contributed by atoms with Crippen molar-refractivity contribution in [3.05, 3.63) is 83.4 Å². The lowest BCUT2D eigenvalue weighted by molar-refractivity contribution is 0.257. The fourth-order valence-electron chi connectivity index (χ4n) is 4.70. The number of nitrogens with zero attached hydrogens (tertiary/aromatic N) is 7. The molecule has 6 rings (SSSR count). The molecule has 2 aromatic heterocycles. The van der Waals surface area contributed by atoms with Gasteiger partial charge in [0.25, 0.3) is 0 Å². The van der Waals surface area contributed by atoms with Crippen molar-refractivity contribution in [2.75, 3.05) is 49.5 Å². The quantitative estimate of drug-likeness (QED) is 0.301. The Hall–Kier alpha value is -3.79. The van der Waals surface area contributed by atoms with E-state index in [0.717, 1.165) is 67.6 Å². The van der Waals surface area contributed by atoms with Gasteiger partial charge >= 0.3 is 0 Å². The van der Waals surface area contributed by atoms with Crippen LogP contribution in [0.4, 0.5) is 17.2 Å². The van der Waals surface area contributed by atoms with E-state index in [0.29, 0.717) is 11.5 Å². The first-order valence-electron chi connectivity index (χ1n) is 12.5. The number of nitrogens with one attached hydrogen (secondary N) is 2. The zero-order chi connectivity index (χ0) is 25.0. The summed E-state index contributed by atoms with van der Waals surface area (Å²) in [7, 11) is 0. The SMILES string of the molecule is Clc1cccc(N2CCN(CCNCc3ccc(Nc4nc5ccccc5n5nnnc45)cc3)CC2)c1. The van der Waals surface area contributed by atoms with E-state index in [1.807, 2.05) is 42.5 Å². The number of hydrogen-bond acceptors (Lipinski definition) is 8. The summed E-state index contributed by atoms with van der Waals surface area (Å²) in [6, 6.07) is 24.3. The van der Waals surface area contributed by atoms with Crippen LogP contribution in [0.3, 0.4) is 0 Å². The van der Waals surface area contributed by atoms with Gasteiger partial charge in [-0.1, -0.05) is 41.9 Å². The summed E-state index contributed by atoms with van der Waals surface area (Å²) < 4.78 is 1.71. The molecule has 37 heavy (non-hydrogen) atoms. The number of rotatable bonds is 8. The van der Waals surface area contributed by atoms with E-state index in [1.165, 1.54) is 11.3 Å². The molecule has 9 nitrogen and oxygen atoms in total. The molecule has 0 radical (unpaired) electrons. The molecule has 0 saturated carbocycles. The van der Waals surface area contributed by atoms with Crippen LogP contribution in [0.2, 0.25) is 5.02 Å². The Morgan fingerprint density at radius 3 is 2.57 bits per heavy atom. The minimum atomic E-state index is 0.595. The smallest absolute Gasteiger partial charge is 0.222 e. The van der Waals surface area contributed by atoms with Crippen LogP contribution in [0.15, 0.2) is 72.8 Å². The third kappa shape index (κ3) is 5.34. The lowest BCUT2D eigenvalue weighted by Gasteiger charge is -2.36. The van der Waals surface area contributed by atoms with E-state index in [2.05, 4.69) is 66.3 Å². The van der Waals surface area contributed by atoms with Gasteiger partial charge in [-0.15, -0.1) is 5.10 Å². The van der Waals surface area contributed by atoms with Crippen molar-refractivity contribution in [1.82, 2.24) is 35.2 Å². The minimum absolute atomic E-state index is 0.595. The summed E-state index contributed by atoms with van der Waals surface area (Å²) >= 11 is 6.15. The summed E-state index contributed by atoms with van der Waals surface area (Å²) in [6.07, 6.45) is 0. The first-order chi connectivity index (χ1) is 18.2. The average Bonchev–Trinajstić information content (AvgIpc) is 3.43. The molecule has 0 spiro atoms. The zero-order valence-electron chi connectivity index (χ0n) is 20.4. The molecule has 1 fully saturated rings. The van der Waals surface area contributed by atoms with Crippen molar-refractivity contribution in [1.29, 1.82) is 0 Å². The Bertz CT molecular complexity index is 1490. The maximum atomic E-state index is 6.15. The van der Waals surface area contributed by atoms with E-state index >= 15 is 0 Å². The highest BCUT2D eigenvalue weighted by molar-refractivity contribution is 6.30. The van der Waals surface area contributed by atoms with Crippen molar-refractivity contribution in [2.45, 2.75) is 6.54 Å². The standard InChI is InChI=1S/C27H28ClN9/c28-21-4-3-5-23(18-21)36-16-14-35(15-17-36)13-12-29-19-20-8-10-22(11-9-20)30-26-27-32-33-34-37(27)25-7-2-1-6-24(25)31-26/h1-11,18,29H,12-17,19H2,(H,30,31). The Kier molecular flexibility index (Phi) is 6.81. The third-order valence-electron chi connectivity index (χ3n) is 6.72. The molecule has 0 unspecified atom stereocenters. The van der Waals surface area contributed by atoms with Gasteiger partial charge < -0.3 is 15.5 Å².